The number of benzene rings is 1. The molecule has 1 N–H and O–H groups in total. The molecule has 2 nitrogen and oxygen atoms in total. The highest BCUT2D eigenvalue weighted by atomic mass is 32.1. The first-order valence-electron chi connectivity index (χ1n) is 5.62. The van der Waals surface area contributed by atoms with Gasteiger partial charge in [-0.2, -0.15) is 0 Å². The van der Waals surface area contributed by atoms with Crippen molar-refractivity contribution in [3.05, 3.63) is 40.7 Å². The quantitative estimate of drug-likeness (QED) is 0.900. The third kappa shape index (κ3) is 3.11. The van der Waals surface area contributed by atoms with Crippen LogP contribution < -0.4 is 5.32 Å². The molecule has 0 saturated heterocycles. The van der Waals surface area contributed by atoms with Crippen LogP contribution in [0, 0.1) is 12.7 Å². The largest absolute Gasteiger partial charge is 0.312 e. The van der Waals surface area contributed by atoms with E-state index in [1.165, 1.54) is 17.0 Å². The van der Waals surface area contributed by atoms with Crippen molar-refractivity contribution in [2.75, 3.05) is 6.54 Å². The minimum absolute atomic E-state index is 0.205. The predicted molar refractivity (Wildman–Crippen MR) is 69.6 cm³/mol. The van der Waals surface area contributed by atoms with Gasteiger partial charge in [0.05, 0.1) is 0 Å². The Hall–Kier alpha value is -1.26. The van der Waals surface area contributed by atoms with Crippen LogP contribution in [0.3, 0.4) is 0 Å². The Morgan fingerprint density at radius 1 is 1.35 bits per heavy atom. The van der Waals surface area contributed by atoms with Crippen molar-refractivity contribution in [1.82, 2.24) is 10.3 Å². The molecule has 0 radical (unpaired) electrons. The summed E-state index contributed by atoms with van der Waals surface area (Å²) in [5.74, 6) is -0.205. The Kier molecular flexibility index (Phi) is 3.86. The lowest BCUT2D eigenvalue weighted by molar-refractivity contribution is 0.627. The molecule has 1 heterocycles. The molecule has 17 heavy (non-hydrogen) atoms. The summed E-state index contributed by atoms with van der Waals surface area (Å²) >= 11 is 1.60. The Morgan fingerprint density at radius 2 is 2.18 bits per heavy atom. The molecule has 0 aliphatic carbocycles. The zero-order valence-electron chi connectivity index (χ0n) is 9.96. The SMILES string of the molecule is CCNCc1cnc(-c2cc(C)cc(F)c2)s1. The topological polar surface area (TPSA) is 24.9 Å². The molecule has 0 spiro atoms. The van der Waals surface area contributed by atoms with Crippen molar-refractivity contribution in [3.63, 3.8) is 0 Å². The Morgan fingerprint density at radius 3 is 2.88 bits per heavy atom. The fourth-order valence-corrected chi connectivity index (χ4v) is 2.50. The number of aryl methyl sites for hydroxylation is 1. The highest BCUT2D eigenvalue weighted by Crippen LogP contribution is 2.26. The average Bonchev–Trinajstić information content (AvgIpc) is 2.73. The van der Waals surface area contributed by atoms with Crippen LogP contribution in [-0.4, -0.2) is 11.5 Å². The van der Waals surface area contributed by atoms with Crippen LogP contribution in [0.4, 0.5) is 4.39 Å². The second-order valence-corrected chi connectivity index (χ2v) is 5.04. The van der Waals surface area contributed by atoms with Crippen LogP contribution in [0.25, 0.3) is 10.6 Å². The third-order valence-corrected chi connectivity index (χ3v) is 3.44. The monoisotopic (exact) mass is 250 g/mol. The first-order valence-corrected chi connectivity index (χ1v) is 6.43. The molecule has 4 heteroatoms. The van der Waals surface area contributed by atoms with Crippen molar-refractivity contribution in [3.8, 4) is 10.6 Å². The number of halogens is 1. The number of aromatic nitrogens is 1. The van der Waals surface area contributed by atoms with Gasteiger partial charge in [0.2, 0.25) is 0 Å². The molecule has 0 saturated carbocycles. The molecule has 1 aromatic carbocycles. The second kappa shape index (κ2) is 5.38. The maximum absolute atomic E-state index is 13.3. The number of hydrogen-bond donors (Lipinski definition) is 1. The minimum atomic E-state index is -0.205. The summed E-state index contributed by atoms with van der Waals surface area (Å²) in [5.41, 5.74) is 1.78. The summed E-state index contributed by atoms with van der Waals surface area (Å²) in [7, 11) is 0. The fraction of sp³-hybridized carbons (Fsp3) is 0.308. The van der Waals surface area contributed by atoms with Crippen molar-refractivity contribution in [2.24, 2.45) is 0 Å². The van der Waals surface area contributed by atoms with E-state index in [1.54, 1.807) is 11.3 Å². The van der Waals surface area contributed by atoms with Gasteiger partial charge in [-0.15, -0.1) is 11.3 Å². The van der Waals surface area contributed by atoms with Crippen LogP contribution in [0.2, 0.25) is 0 Å². The number of rotatable bonds is 4. The lowest BCUT2D eigenvalue weighted by Crippen LogP contribution is -2.10. The molecular weight excluding hydrogens is 235 g/mol. The molecule has 1 aromatic heterocycles. The van der Waals surface area contributed by atoms with Gasteiger partial charge in [0.25, 0.3) is 0 Å². The number of nitrogens with one attached hydrogen (secondary N) is 1. The zero-order valence-corrected chi connectivity index (χ0v) is 10.8. The molecule has 0 unspecified atom stereocenters. The number of thiazole rings is 1. The first-order chi connectivity index (χ1) is 8.19. The maximum Gasteiger partial charge on any atom is 0.124 e. The van der Waals surface area contributed by atoms with E-state index in [9.17, 15) is 4.39 Å². The van der Waals surface area contributed by atoms with E-state index in [0.717, 1.165) is 29.2 Å². The lowest BCUT2D eigenvalue weighted by Gasteiger charge is -1.99. The van der Waals surface area contributed by atoms with Crippen LogP contribution >= 0.6 is 11.3 Å². The van der Waals surface area contributed by atoms with Crippen LogP contribution in [0.5, 0.6) is 0 Å². The van der Waals surface area contributed by atoms with Crippen molar-refractivity contribution in [1.29, 1.82) is 0 Å². The van der Waals surface area contributed by atoms with E-state index < -0.39 is 0 Å². The summed E-state index contributed by atoms with van der Waals surface area (Å²) in [4.78, 5) is 5.50. The lowest BCUT2D eigenvalue weighted by atomic mass is 10.1. The zero-order chi connectivity index (χ0) is 12.3. The summed E-state index contributed by atoms with van der Waals surface area (Å²) < 4.78 is 13.3. The van der Waals surface area contributed by atoms with Gasteiger partial charge in [-0.1, -0.05) is 6.92 Å². The van der Waals surface area contributed by atoms with Gasteiger partial charge in [0.15, 0.2) is 0 Å². The van der Waals surface area contributed by atoms with E-state index in [4.69, 9.17) is 0 Å². The standard InChI is InChI=1S/C13H15FN2S/c1-3-15-7-12-8-16-13(17-12)10-4-9(2)5-11(14)6-10/h4-6,8,15H,3,7H2,1-2H3. The highest BCUT2D eigenvalue weighted by Gasteiger charge is 2.06. The van der Waals surface area contributed by atoms with Crippen molar-refractivity contribution in [2.45, 2.75) is 20.4 Å². The summed E-state index contributed by atoms with van der Waals surface area (Å²) in [6.45, 7) is 5.71. The van der Waals surface area contributed by atoms with E-state index >= 15 is 0 Å². The van der Waals surface area contributed by atoms with Crippen molar-refractivity contribution < 1.29 is 4.39 Å². The van der Waals surface area contributed by atoms with E-state index in [2.05, 4.69) is 17.2 Å². The molecule has 0 aliphatic heterocycles. The van der Waals surface area contributed by atoms with Gasteiger partial charge >= 0.3 is 0 Å². The minimum Gasteiger partial charge on any atom is -0.312 e. The molecule has 0 atom stereocenters. The van der Waals surface area contributed by atoms with E-state index in [-0.39, 0.29) is 5.82 Å². The molecule has 0 amide bonds. The Labute approximate surface area is 105 Å². The van der Waals surface area contributed by atoms with Gasteiger partial charge in [0.1, 0.15) is 10.8 Å². The van der Waals surface area contributed by atoms with Crippen LogP contribution in [0.15, 0.2) is 24.4 Å². The van der Waals surface area contributed by atoms with Crippen LogP contribution in [0.1, 0.15) is 17.4 Å². The van der Waals surface area contributed by atoms with Crippen LogP contribution in [-0.2, 0) is 6.54 Å². The smallest absolute Gasteiger partial charge is 0.124 e. The molecular formula is C13H15FN2S. The summed E-state index contributed by atoms with van der Waals surface area (Å²) in [5, 5.41) is 4.12. The summed E-state index contributed by atoms with van der Waals surface area (Å²) in [6, 6.07) is 5.01. The normalized spacial score (nSPS) is 10.8. The number of nitrogens with zero attached hydrogens (tertiary/aromatic N) is 1. The highest BCUT2D eigenvalue weighted by molar-refractivity contribution is 7.15. The van der Waals surface area contributed by atoms with Crippen molar-refractivity contribution >= 4 is 11.3 Å². The molecule has 2 rings (SSSR count). The van der Waals surface area contributed by atoms with Gasteiger partial charge in [-0.05, 0) is 37.2 Å². The second-order valence-electron chi connectivity index (χ2n) is 3.93. The molecule has 0 fully saturated rings. The maximum atomic E-state index is 13.3. The molecule has 2 aromatic rings. The Bertz CT molecular complexity index is 488. The van der Waals surface area contributed by atoms with E-state index in [0.29, 0.717) is 0 Å². The van der Waals surface area contributed by atoms with Gasteiger partial charge in [-0.3, -0.25) is 0 Å². The summed E-state index contributed by atoms with van der Waals surface area (Å²) in [6.07, 6.45) is 1.85. The van der Waals surface area contributed by atoms with E-state index in [1.807, 2.05) is 19.2 Å². The number of hydrogen-bond acceptors (Lipinski definition) is 3. The Balaban J connectivity index is 2.24. The molecule has 90 valence electrons. The molecule has 0 aliphatic rings. The van der Waals surface area contributed by atoms with Gasteiger partial charge < -0.3 is 5.32 Å². The average molecular weight is 250 g/mol. The predicted octanol–water partition coefficient (Wildman–Crippen LogP) is 3.37. The van der Waals surface area contributed by atoms with Gasteiger partial charge in [0, 0.05) is 23.2 Å². The first kappa shape index (κ1) is 12.2. The fourth-order valence-electron chi connectivity index (χ4n) is 1.63. The third-order valence-electron chi connectivity index (χ3n) is 2.39. The van der Waals surface area contributed by atoms with Gasteiger partial charge in [-0.25, -0.2) is 9.37 Å². The molecule has 0 bridgehead atoms.